The molecule has 2 heterocycles. The molecular formula is C17H19FN2O3. The summed E-state index contributed by atoms with van der Waals surface area (Å²) < 4.78 is 23.9. The lowest BCUT2D eigenvalue weighted by Crippen LogP contribution is -2.45. The second-order valence-corrected chi connectivity index (χ2v) is 5.66. The van der Waals surface area contributed by atoms with Gasteiger partial charge in [-0.3, -0.25) is 4.79 Å². The van der Waals surface area contributed by atoms with Gasteiger partial charge in [-0.1, -0.05) is 0 Å². The second-order valence-electron chi connectivity index (χ2n) is 5.66. The van der Waals surface area contributed by atoms with E-state index in [4.69, 9.17) is 14.9 Å². The van der Waals surface area contributed by atoms with Crippen LogP contribution < -0.4 is 10.5 Å². The summed E-state index contributed by atoms with van der Waals surface area (Å²) in [4.78, 5) is 14.1. The van der Waals surface area contributed by atoms with Crippen molar-refractivity contribution in [2.24, 2.45) is 5.73 Å². The third-order valence-corrected chi connectivity index (χ3v) is 3.81. The van der Waals surface area contributed by atoms with Crippen molar-refractivity contribution in [1.29, 1.82) is 0 Å². The van der Waals surface area contributed by atoms with E-state index < -0.39 is 0 Å². The summed E-state index contributed by atoms with van der Waals surface area (Å²) in [7, 11) is 0. The van der Waals surface area contributed by atoms with Crippen molar-refractivity contribution in [3.8, 4) is 5.75 Å². The van der Waals surface area contributed by atoms with E-state index in [-0.39, 0.29) is 30.1 Å². The van der Waals surface area contributed by atoms with E-state index in [1.54, 1.807) is 29.2 Å². The number of halogens is 1. The molecule has 6 heteroatoms. The molecule has 1 fully saturated rings. The molecule has 0 spiro atoms. The van der Waals surface area contributed by atoms with Gasteiger partial charge >= 0.3 is 0 Å². The maximum Gasteiger partial charge on any atom is 0.289 e. The van der Waals surface area contributed by atoms with Gasteiger partial charge in [0.2, 0.25) is 0 Å². The minimum Gasteiger partial charge on any atom is -0.486 e. The van der Waals surface area contributed by atoms with Crippen molar-refractivity contribution in [2.45, 2.75) is 25.5 Å². The molecule has 0 bridgehead atoms. The largest absolute Gasteiger partial charge is 0.486 e. The Bertz CT molecular complexity index is 669. The summed E-state index contributed by atoms with van der Waals surface area (Å²) in [5, 5.41) is 0. The normalized spacial score (nSPS) is 18.0. The Morgan fingerprint density at radius 2 is 2.09 bits per heavy atom. The smallest absolute Gasteiger partial charge is 0.289 e. The number of benzene rings is 1. The molecule has 0 unspecified atom stereocenters. The Morgan fingerprint density at radius 1 is 1.30 bits per heavy atom. The Kier molecular flexibility index (Phi) is 4.62. The molecule has 2 N–H and O–H groups in total. The minimum atomic E-state index is -0.317. The number of carbonyl (C=O) groups is 1. The zero-order valence-electron chi connectivity index (χ0n) is 12.7. The molecule has 3 rings (SSSR count). The van der Waals surface area contributed by atoms with E-state index in [0.29, 0.717) is 24.6 Å². The summed E-state index contributed by atoms with van der Waals surface area (Å²) in [6.07, 6.45) is 1.85. The van der Waals surface area contributed by atoms with Gasteiger partial charge in [0.1, 0.15) is 23.9 Å². The highest BCUT2D eigenvalue weighted by Crippen LogP contribution is 2.17. The van der Waals surface area contributed by atoms with Gasteiger partial charge in [0.15, 0.2) is 5.76 Å². The topological polar surface area (TPSA) is 68.7 Å². The molecule has 1 aliphatic rings. The van der Waals surface area contributed by atoms with Crippen LogP contribution >= 0.6 is 0 Å². The van der Waals surface area contributed by atoms with Crippen LogP contribution in [0.4, 0.5) is 4.39 Å². The summed E-state index contributed by atoms with van der Waals surface area (Å²) in [6.45, 7) is 1.44. The van der Waals surface area contributed by atoms with Gasteiger partial charge in [-0.15, -0.1) is 0 Å². The maximum absolute atomic E-state index is 12.8. The van der Waals surface area contributed by atoms with Crippen LogP contribution in [0.3, 0.4) is 0 Å². The number of nitrogens with two attached hydrogens (primary N) is 1. The predicted octanol–water partition coefficient (Wildman–Crippen LogP) is 2.56. The lowest BCUT2D eigenvalue weighted by molar-refractivity contribution is 0.0672. The van der Waals surface area contributed by atoms with E-state index in [0.717, 1.165) is 12.8 Å². The summed E-state index contributed by atoms with van der Waals surface area (Å²) >= 11 is 0. The van der Waals surface area contributed by atoms with Crippen LogP contribution in [-0.2, 0) is 6.61 Å². The van der Waals surface area contributed by atoms with Crippen LogP contribution in [0.5, 0.6) is 5.75 Å². The number of hydrogen-bond acceptors (Lipinski definition) is 4. The van der Waals surface area contributed by atoms with Crippen LogP contribution in [-0.4, -0.2) is 29.9 Å². The Morgan fingerprint density at radius 3 is 2.83 bits per heavy atom. The Balaban J connectivity index is 1.59. The highest BCUT2D eigenvalue weighted by molar-refractivity contribution is 5.91. The van der Waals surface area contributed by atoms with Crippen molar-refractivity contribution in [3.63, 3.8) is 0 Å². The predicted molar refractivity (Wildman–Crippen MR) is 82.6 cm³/mol. The zero-order chi connectivity index (χ0) is 16.2. The first-order valence-electron chi connectivity index (χ1n) is 7.64. The van der Waals surface area contributed by atoms with Crippen LogP contribution in [0, 0.1) is 5.82 Å². The third kappa shape index (κ3) is 3.90. The molecule has 0 saturated carbocycles. The molecule has 1 amide bonds. The van der Waals surface area contributed by atoms with Crippen molar-refractivity contribution < 1.29 is 18.3 Å². The number of carbonyl (C=O) groups excluding carboxylic acids is 1. The van der Waals surface area contributed by atoms with Crippen LogP contribution in [0.15, 0.2) is 40.8 Å². The summed E-state index contributed by atoms with van der Waals surface area (Å²) in [5.41, 5.74) is 5.90. The first-order chi connectivity index (χ1) is 11.1. The quantitative estimate of drug-likeness (QED) is 0.940. The first kappa shape index (κ1) is 15.6. The second kappa shape index (κ2) is 6.83. The highest BCUT2D eigenvalue weighted by atomic mass is 19.1. The average molecular weight is 318 g/mol. The van der Waals surface area contributed by atoms with Gasteiger partial charge in [0.05, 0.1) is 0 Å². The summed E-state index contributed by atoms with van der Waals surface area (Å²) in [6, 6.07) is 9.12. The molecule has 1 atom stereocenters. The third-order valence-electron chi connectivity index (χ3n) is 3.81. The number of hydrogen-bond donors (Lipinski definition) is 1. The Labute approximate surface area is 133 Å². The SMILES string of the molecule is N[C@@H]1CCCN(C(=O)c2ccc(COc3ccc(F)cc3)o2)C1. The van der Waals surface area contributed by atoms with Crippen LogP contribution in [0.1, 0.15) is 29.2 Å². The van der Waals surface area contributed by atoms with Crippen molar-refractivity contribution in [2.75, 3.05) is 13.1 Å². The molecule has 0 aliphatic carbocycles. The molecule has 1 aromatic heterocycles. The number of furan rings is 1. The number of ether oxygens (including phenoxy) is 1. The first-order valence-corrected chi connectivity index (χ1v) is 7.64. The van der Waals surface area contributed by atoms with Crippen molar-refractivity contribution >= 4 is 5.91 Å². The van der Waals surface area contributed by atoms with Crippen LogP contribution in [0.25, 0.3) is 0 Å². The number of rotatable bonds is 4. The zero-order valence-corrected chi connectivity index (χ0v) is 12.7. The number of amides is 1. The van der Waals surface area contributed by atoms with Gasteiger partial charge in [-0.05, 0) is 49.2 Å². The van der Waals surface area contributed by atoms with Gasteiger partial charge in [-0.2, -0.15) is 0 Å². The van der Waals surface area contributed by atoms with Gasteiger partial charge < -0.3 is 19.8 Å². The number of likely N-dealkylation sites (tertiary alicyclic amines) is 1. The molecule has 1 aliphatic heterocycles. The molecule has 0 radical (unpaired) electrons. The van der Waals surface area contributed by atoms with E-state index in [2.05, 4.69) is 0 Å². The van der Waals surface area contributed by atoms with Gasteiger partial charge in [0, 0.05) is 19.1 Å². The fourth-order valence-corrected chi connectivity index (χ4v) is 2.61. The van der Waals surface area contributed by atoms with Crippen molar-refractivity contribution in [1.82, 2.24) is 4.90 Å². The molecule has 1 saturated heterocycles. The molecule has 2 aromatic rings. The molecule has 23 heavy (non-hydrogen) atoms. The maximum atomic E-state index is 12.8. The van der Waals surface area contributed by atoms with Crippen molar-refractivity contribution in [3.05, 3.63) is 53.7 Å². The fraction of sp³-hybridized carbons (Fsp3) is 0.353. The molecule has 5 nitrogen and oxygen atoms in total. The molecule has 122 valence electrons. The fourth-order valence-electron chi connectivity index (χ4n) is 2.61. The van der Waals surface area contributed by atoms with E-state index >= 15 is 0 Å². The lowest BCUT2D eigenvalue weighted by atomic mass is 10.1. The number of piperidine rings is 1. The highest BCUT2D eigenvalue weighted by Gasteiger charge is 2.24. The van der Waals surface area contributed by atoms with E-state index in [1.807, 2.05) is 0 Å². The molecule has 1 aromatic carbocycles. The standard InChI is InChI=1S/C17H19FN2O3/c18-12-3-5-14(6-4-12)22-11-15-7-8-16(23-15)17(21)20-9-1-2-13(19)10-20/h3-8,13H,1-2,9-11,19H2/t13-/m1/s1. The Hall–Kier alpha value is -2.34. The van der Waals surface area contributed by atoms with Crippen LogP contribution in [0.2, 0.25) is 0 Å². The average Bonchev–Trinajstić information content (AvgIpc) is 3.02. The minimum absolute atomic E-state index is 0.0314. The monoisotopic (exact) mass is 318 g/mol. The van der Waals surface area contributed by atoms with E-state index in [1.165, 1.54) is 12.1 Å². The van der Waals surface area contributed by atoms with Gasteiger partial charge in [0.25, 0.3) is 5.91 Å². The summed E-state index contributed by atoms with van der Waals surface area (Å²) in [5.74, 6) is 0.907. The van der Waals surface area contributed by atoms with E-state index in [9.17, 15) is 9.18 Å². The lowest BCUT2D eigenvalue weighted by Gasteiger charge is -2.30. The molecular weight excluding hydrogens is 299 g/mol. The van der Waals surface area contributed by atoms with Gasteiger partial charge in [-0.25, -0.2) is 4.39 Å². The number of nitrogens with zero attached hydrogens (tertiary/aromatic N) is 1.